The van der Waals surface area contributed by atoms with Gasteiger partial charge in [-0.3, -0.25) is 4.98 Å². The number of aliphatic carboxylic acids is 1. The Labute approximate surface area is 204 Å². The third kappa shape index (κ3) is 5.75. The van der Waals surface area contributed by atoms with Crippen molar-refractivity contribution >= 4 is 39.8 Å². The van der Waals surface area contributed by atoms with Gasteiger partial charge in [-0.2, -0.15) is 11.8 Å². The lowest BCUT2D eigenvalue weighted by molar-refractivity contribution is -0.139. The number of pyridine rings is 1. The van der Waals surface area contributed by atoms with Crippen LogP contribution in [0.3, 0.4) is 0 Å². The molecule has 6 nitrogen and oxygen atoms in total. The minimum atomic E-state index is -1.08. The maximum atomic E-state index is 12.4. The van der Waals surface area contributed by atoms with Gasteiger partial charge in [0.15, 0.2) is 0 Å². The van der Waals surface area contributed by atoms with Gasteiger partial charge in [-0.15, -0.1) is 0 Å². The fraction of sp³-hybridized carbons (Fsp3) is 0.240. The first kappa shape index (κ1) is 23.3. The highest BCUT2D eigenvalue weighted by Gasteiger charge is 2.29. The molecular weight excluding hydrogens is 504 g/mol. The number of hydrogen-bond acceptors (Lipinski definition) is 5. The number of ether oxygens (including phenoxy) is 1. The summed E-state index contributed by atoms with van der Waals surface area (Å²) in [7, 11) is 0. The number of thioether (sulfide) groups is 1. The van der Waals surface area contributed by atoms with Crippen LogP contribution in [0.25, 0.3) is 11.1 Å². The highest BCUT2D eigenvalue weighted by molar-refractivity contribution is 9.10. The molecule has 0 bridgehead atoms. The summed E-state index contributed by atoms with van der Waals surface area (Å²) in [5.41, 5.74) is 5.42. The molecule has 0 spiro atoms. The van der Waals surface area contributed by atoms with Gasteiger partial charge < -0.3 is 15.2 Å². The minimum absolute atomic E-state index is 0.0691. The molecule has 4 rings (SSSR count). The number of rotatable bonds is 9. The van der Waals surface area contributed by atoms with Crippen LogP contribution in [0.5, 0.6) is 0 Å². The molecule has 1 heterocycles. The number of nitrogens with one attached hydrogen (secondary N) is 1. The second-order valence-electron chi connectivity index (χ2n) is 7.67. The third-order valence-electron chi connectivity index (χ3n) is 5.52. The molecule has 170 valence electrons. The van der Waals surface area contributed by atoms with E-state index in [4.69, 9.17) is 4.74 Å². The number of hydrogen-bond donors (Lipinski definition) is 2. The van der Waals surface area contributed by atoms with Crippen molar-refractivity contribution in [2.75, 3.05) is 12.4 Å². The van der Waals surface area contributed by atoms with Gasteiger partial charge in [0.25, 0.3) is 0 Å². The molecule has 8 heteroatoms. The van der Waals surface area contributed by atoms with Crippen molar-refractivity contribution < 1.29 is 19.4 Å². The normalized spacial score (nSPS) is 13.1. The molecule has 0 saturated carbocycles. The van der Waals surface area contributed by atoms with Gasteiger partial charge in [0.05, 0.1) is 5.69 Å². The Bertz CT molecular complexity index is 1090. The molecule has 1 aliphatic rings. The van der Waals surface area contributed by atoms with E-state index in [9.17, 15) is 14.7 Å². The maximum Gasteiger partial charge on any atom is 0.407 e. The number of aromatic nitrogens is 1. The zero-order valence-electron chi connectivity index (χ0n) is 17.7. The molecule has 0 saturated heterocycles. The van der Waals surface area contributed by atoms with Crippen LogP contribution in [0.4, 0.5) is 4.79 Å². The molecule has 3 aromatic rings. The molecule has 2 N–H and O–H groups in total. The summed E-state index contributed by atoms with van der Waals surface area (Å²) in [6.07, 6.45) is 1.30. The SMILES string of the molecule is O=C(NC(CCSCc1ccc(Br)cn1)C(=O)O)OCC1c2ccccc2-c2ccccc21. The molecule has 0 aliphatic heterocycles. The summed E-state index contributed by atoms with van der Waals surface area (Å²) < 4.78 is 6.38. The van der Waals surface area contributed by atoms with E-state index in [0.29, 0.717) is 17.9 Å². The zero-order chi connectivity index (χ0) is 23.2. The number of amides is 1. The maximum absolute atomic E-state index is 12.4. The highest BCUT2D eigenvalue weighted by Crippen LogP contribution is 2.44. The van der Waals surface area contributed by atoms with Crippen LogP contribution in [0.2, 0.25) is 0 Å². The number of benzene rings is 2. The summed E-state index contributed by atoms with van der Waals surface area (Å²) in [5.74, 6) is 0.0920. The van der Waals surface area contributed by atoms with E-state index < -0.39 is 18.1 Å². The number of halogens is 1. The van der Waals surface area contributed by atoms with E-state index in [0.717, 1.165) is 32.4 Å². The standard InChI is InChI=1S/C25H23BrN2O4S/c26-16-9-10-17(27-13-16)15-33-12-11-23(24(29)30)28-25(31)32-14-22-20-7-3-1-5-18(20)19-6-2-4-8-21(19)22/h1-10,13,22-23H,11-12,14-15H2,(H,28,31)(H,29,30). The van der Waals surface area contributed by atoms with Crippen LogP contribution in [-0.4, -0.2) is 40.6 Å². The number of carboxylic acid groups (broad SMARTS) is 1. The van der Waals surface area contributed by atoms with Crippen LogP contribution in [0, 0.1) is 0 Å². The summed E-state index contributed by atoms with van der Waals surface area (Å²) in [6.45, 7) is 0.149. The lowest BCUT2D eigenvalue weighted by Crippen LogP contribution is -2.41. The third-order valence-corrected chi connectivity index (χ3v) is 7.02. The van der Waals surface area contributed by atoms with E-state index in [1.807, 2.05) is 48.5 Å². The van der Waals surface area contributed by atoms with E-state index in [1.165, 1.54) is 0 Å². The molecule has 1 amide bonds. The Morgan fingerprint density at radius 2 is 1.73 bits per heavy atom. The lowest BCUT2D eigenvalue weighted by atomic mass is 9.98. The molecule has 1 aliphatic carbocycles. The number of alkyl carbamates (subject to hydrolysis) is 1. The lowest BCUT2D eigenvalue weighted by Gasteiger charge is -2.17. The van der Waals surface area contributed by atoms with E-state index in [2.05, 4.69) is 38.4 Å². The fourth-order valence-corrected chi connectivity index (χ4v) is 5.07. The van der Waals surface area contributed by atoms with Gasteiger partial charge in [-0.1, -0.05) is 48.5 Å². The van der Waals surface area contributed by atoms with E-state index in [-0.39, 0.29) is 12.5 Å². The quantitative estimate of drug-likeness (QED) is 0.360. The van der Waals surface area contributed by atoms with Crippen molar-refractivity contribution in [3.63, 3.8) is 0 Å². The first-order valence-corrected chi connectivity index (χ1v) is 12.5. The summed E-state index contributed by atoms with van der Waals surface area (Å²) in [5, 5.41) is 12.0. The summed E-state index contributed by atoms with van der Waals surface area (Å²) in [6, 6.07) is 19.0. The van der Waals surface area contributed by atoms with Gasteiger partial charge >= 0.3 is 12.1 Å². The molecule has 1 aromatic heterocycles. The van der Waals surface area contributed by atoms with Gasteiger partial charge in [0, 0.05) is 22.3 Å². The zero-order valence-corrected chi connectivity index (χ0v) is 20.1. The number of carbonyl (C=O) groups is 2. The summed E-state index contributed by atoms with van der Waals surface area (Å²) >= 11 is 4.92. The van der Waals surface area contributed by atoms with Crippen LogP contribution < -0.4 is 5.32 Å². The van der Waals surface area contributed by atoms with E-state index in [1.54, 1.807) is 18.0 Å². The van der Waals surface area contributed by atoms with Crippen LogP contribution >= 0.6 is 27.7 Å². The second-order valence-corrected chi connectivity index (χ2v) is 9.69. The number of fused-ring (bicyclic) bond motifs is 3. The van der Waals surface area contributed by atoms with Gasteiger partial charge in [-0.25, -0.2) is 9.59 Å². The van der Waals surface area contributed by atoms with Gasteiger partial charge in [-0.05, 0) is 62.5 Å². The Kier molecular flexibility index (Phi) is 7.67. The minimum Gasteiger partial charge on any atom is -0.480 e. The average molecular weight is 527 g/mol. The second kappa shape index (κ2) is 10.9. The molecule has 1 unspecified atom stereocenters. The molecule has 2 aromatic carbocycles. The molecule has 0 radical (unpaired) electrons. The first-order chi connectivity index (χ1) is 16.0. The van der Waals surface area contributed by atoms with Crippen molar-refractivity contribution in [3.8, 4) is 11.1 Å². The Balaban J connectivity index is 1.29. The number of nitrogens with zero attached hydrogens (tertiary/aromatic N) is 1. The van der Waals surface area contributed by atoms with E-state index >= 15 is 0 Å². The van der Waals surface area contributed by atoms with Crippen molar-refractivity contribution in [2.24, 2.45) is 0 Å². The van der Waals surface area contributed by atoms with Crippen molar-refractivity contribution in [2.45, 2.75) is 24.1 Å². The van der Waals surface area contributed by atoms with Crippen LogP contribution in [0.15, 0.2) is 71.3 Å². The molecule has 33 heavy (non-hydrogen) atoms. The molecule has 0 fully saturated rings. The largest absolute Gasteiger partial charge is 0.480 e. The Hall–Kier alpha value is -2.84. The monoisotopic (exact) mass is 526 g/mol. The van der Waals surface area contributed by atoms with Crippen molar-refractivity contribution in [3.05, 3.63) is 88.2 Å². The number of carbonyl (C=O) groups excluding carboxylic acids is 1. The summed E-state index contributed by atoms with van der Waals surface area (Å²) in [4.78, 5) is 28.3. The predicted octanol–water partition coefficient (Wildman–Crippen LogP) is 5.46. The smallest absolute Gasteiger partial charge is 0.407 e. The Morgan fingerprint density at radius 1 is 1.06 bits per heavy atom. The first-order valence-electron chi connectivity index (χ1n) is 10.6. The van der Waals surface area contributed by atoms with Crippen molar-refractivity contribution in [1.29, 1.82) is 0 Å². The fourth-order valence-electron chi connectivity index (χ4n) is 3.91. The average Bonchev–Trinajstić information content (AvgIpc) is 3.14. The van der Waals surface area contributed by atoms with Gasteiger partial charge in [0.2, 0.25) is 0 Å². The van der Waals surface area contributed by atoms with Crippen molar-refractivity contribution in [1.82, 2.24) is 10.3 Å². The Morgan fingerprint density at radius 3 is 2.33 bits per heavy atom. The molecule has 1 atom stereocenters. The van der Waals surface area contributed by atoms with Crippen LogP contribution in [-0.2, 0) is 15.3 Å². The van der Waals surface area contributed by atoms with Gasteiger partial charge in [0.1, 0.15) is 12.6 Å². The highest BCUT2D eigenvalue weighted by atomic mass is 79.9. The topological polar surface area (TPSA) is 88.5 Å². The molecular formula is C25H23BrN2O4S. The van der Waals surface area contributed by atoms with Crippen LogP contribution in [0.1, 0.15) is 29.2 Å². The predicted molar refractivity (Wildman–Crippen MR) is 132 cm³/mol. The number of carboxylic acids is 1.